The largest absolute Gasteiger partial charge is 0.377 e. The maximum atomic E-state index is 2.48. The summed E-state index contributed by atoms with van der Waals surface area (Å²) in [7, 11) is 0. The molecule has 1 heteroatoms. The summed E-state index contributed by atoms with van der Waals surface area (Å²) in [5.41, 5.74) is 4.58. The lowest BCUT2D eigenvalue weighted by Crippen LogP contribution is -2.46. The molecule has 100 valence electrons. The number of fused-ring (bicyclic) bond motifs is 2. The molecule has 3 aliphatic heterocycles. The topological polar surface area (TPSA) is 3.24 Å². The van der Waals surface area contributed by atoms with Gasteiger partial charge < -0.3 is 4.90 Å². The molecule has 0 saturated carbocycles. The first-order valence-electron chi connectivity index (χ1n) is 7.46. The molecule has 1 saturated heterocycles. The lowest BCUT2D eigenvalue weighted by atomic mass is 9.64. The molecule has 0 spiro atoms. The van der Waals surface area contributed by atoms with Crippen LogP contribution >= 0.6 is 0 Å². The maximum absolute atomic E-state index is 2.48. The Morgan fingerprint density at radius 1 is 0.750 bits per heavy atom. The number of benzene rings is 2. The predicted molar refractivity (Wildman–Crippen MR) is 83.3 cm³/mol. The van der Waals surface area contributed by atoms with E-state index in [1.165, 1.54) is 42.6 Å². The first kappa shape index (κ1) is 11.8. The zero-order valence-electron chi connectivity index (χ0n) is 11.6. The van der Waals surface area contributed by atoms with E-state index in [1.54, 1.807) is 0 Å². The Hall–Kier alpha value is -2.02. The van der Waals surface area contributed by atoms with Crippen LogP contribution in [0.15, 0.2) is 66.9 Å². The SMILES string of the molecule is C1=C(c2ccccc2)C2(c3ccccc3)CCN1CC2. The van der Waals surface area contributed by atoms with Gasteiger partial charge >= 0.3 is 0 Å². The van der Waals surface area contributed by atoms with Crippen molar-refractivity contribution in [2.24, 2.45) is 0 Å². The Morgan fingerprint density at radius 3 is 2.00 bits per heavy atom. The highest BCUT2D eigenvalue weighted by Crippen LogP contribution is 2.49. The highest BCUT2D eigenvalue weighted by Gasteiger charge is 2.43. The van der Waals surface area contributed by atoms with Crippen molar-refractivity contribution in [1.82, 2.24) is 4.90 Å². The minimum absolute atomic E-state index is 0.220. The molecule has 2 aromatic rings. The van der Waals surface area contributed by atoms with Gasteiger partial charge in [0.05, 0.1) is 0 Å². The molecule has 0 aromatic heterocycles. The van der Waals surface area contributed by atoms with Crippen LogP contribution in [-0.4, -0.2) is 18.0 Å². The second-order valence-electron chi connectivity index (χ2n) is 5.89. The van der Waals surface area contributed by atoms with Crippen molar-refractivity contribution in [3.8, 4) is 0 Å². The monoisotopic (exact) mass is 261 g/mol. The molecule has 5 rings (SSSR count). The lowest BCUT2D eigenvalue weighted by Gasteiger charge is -2.49. The fraction of sp³-hybridized carbons (Fsp3) is 0.263. The van der Waals surface area contributed by atoms with Crippen LogP contribution in [0.25, 0.3) is 5.57 Å². The zero-order valence-corrected chi connectivity index (χ0v) is 11.6. The number of hydrogen-bond acceptors (Lipinski definition) is 1. The summed E-state index contributed by atoms with van der Waals surface area (Å²) >= 11 is 0. The normalized spacial score (nSPS) is 19.8. The van der Waals surface area contributed by atoms with Crippen LogP contribution in [0.3, 0.4) is 0 Å². The highest BCUT2D eigenvalue weighted by atomic mass is 15.1. The smallest absolute Gasteiger partial charge is 0.0256 e. The van der Waals surface area contributed by atoms with Gasteiger partial charge in [-0.05, 0) is 29.5 Å². The molecular weight excluding hydrogens is 242 g/mol. The van der Waals surface area contributed by atoms with E-state index in [-0.39, 0.29) is 5.41 Å². The Morgan fingerprint density at radius 2 is 1.35 bits per heavy atom. The van der Waals surface area contributed by atoms with Gasteiger partial charge in [0.2, 0.25) is 0 Å². The maximum Gasteiger partial charge on any atom is 0.0256 e. The molecular formula is C19H19N. The van der Waals surface area contributed by atoms with Crippen molar-refractivity contribution in [1.29, 1.82) is 0 Å². The average molecular weight is 261 g/mol. The summed E-state index contributed by atoms with van der Waals surface area (Å²) in [5, 5.41) is 0. The molecule has 0 N–H and O–H groups in total. The average Bonchev–Trinajstić information content (AvgIpc) is 2.57. The van der Waals surface area contributed by atoms with Crippen molar-refractivity contribution in [2.75, 3.05) is 13.1 Å². The number of piperidine rings is 1. The van der Waals surface area contributed by atoms with E-state index in [2.05, 4.69) is 71.8 Å². The molecule has 20 heavy (non-hydrogen) atoms. The van der Waals surface area contributed by atoms with Gasteiger partial charge in [0.15, 0.2) is 0 Å². The molecule has 0 atom stereocenters. The van der Waals surface area contributed by atoms with E-state index in [1.807, 2.05) is 0 Å². The second-order valence-corrected chi connectivity index (χ2v) is 5.89. The van der Waals surface area contributed by atoms with Crippen LogP contribution in [0.4, 0.5) is 0 Å². The molecule has 0 unspecified atom stereocenters. The van der Waals surface area contributed by atoms with Gasteiger partial charge in [-0.2, -0.15) is 0 Å². The van der Waals surface area contributed by atoms with Crippen molar-refractivity contribution >= 4 is 5.57 Å². The molecule has 3 aliphatic rings. The van der Waals surface area contributed by atoms with E-state index < -0.39 is 0 Å². The predicted octanol–water partition coefficient (Wildman–Crippen LogP) is 4.07. The summed E-state index contributed by atoms with van der Waals surface area (Å²) in [6.07, 6.45) is 4.87. The summed E-state index contributed by atoms with van der Waals surface area (Å²) in [6, 6.07) is 22.0. The summed E-state index contributed by atoms with van der Waals surface area (Å²) in [6.45, 7) is 2.37. The van der Waals surface area contributed by atoms with Crippen molar-refractivity contribution < 1.29 is 0 Å². The minimum atomic E-state index is 0.220. The first-order valence-corrected chi connectivity index (χ1v) is 7.46. The Kier molecular flexibility index (Phi) is 2.66. The Bertz CT molecular complexity index is 619. The molecule has 2 bridgehead atoms. The third-order valence-corrected chi connectivity index (χ3v) is 4.89. The van der Waals surface area contributed by atoms with Gasteiger partial charge in [-0.1, -0.05) is 60.7 Å². The highest BCUT2D eigenvalue weighted by molar-refractivity contribution is 5.77. The van der Waals surface area contributed by atoms with Crippen molar-refractivity contribution in [3.05, 3.63) is 78.0 Å². The van der Waals surface area contributed by atoms with Gasteiger partial charge in [-0.15, -0.1) is 0 Å². The van der Waals surface area contributed by atoms with Crippen molar-refractivity contribution in [2.45, 2.75) is 18.3 Å². The van der Waals surface area contributed by atoms with Crippen molar-refractivity contribution in [3.63, 3.8) is 0 Å². The Labute approximate surface area is 120 Å². The fourth-order valence-electron chi connectivity index (χ4n) is 3.78. The van der Waals surface area contributed by atoms with Gasteiger partial charge in [0, 0.05) is 24.7 Å². The standard InChI is InChI=1S/C19H19N/c1-3-7-16(8-4-1)18-15-20-13-11-19(18,12-14-20)17-9-5-2-6-10-17/h1-10,15H,11-14H2. The number of nitrogens with zero attached hydrogens (tertiary/aromatic N) is 1. The lowest BCUT2D eigenvalue weighted by molar-refractivity contribution is 0.222. The molecule has 0 aliphatic carbocycles. The van der Waals surface area contributed by atoms with E-state index in [4.69, 9.17) is 0 Å². The molecule has 1 fully saturated rings. The van der Waals surface area contributed by atoms with Crippen LogP contribution in [-0.2, 0) is 5.41 Å². The van der Waals surface area contributed by atoms with E-state index >= 15 is 0 Å². The summed E-state index contributed by atoms with van der Waals surface area (Å²) in [4.78, 5) is 2.48. The van der Waals surface area contributed by atoms with Gasteiger partial charge in [0.25, 0.3) is 0 Å². The number of hydrogen-bond donors (Lipinski definition) is 0. The number of rotatable bonds is 2. The third-order valence-electron chi connectivity index (χ3n) is 4.89. The van der Waals surface area contributed by atoms with Gasteiger partial charge in [-0.25, -0.2) is 0 Å². The first-order chi connectivity index (χ1) is 9.88. The minimum Gasteiger partial charge on any atom is -0.377 e. The van der Waals surface area contributed by atoms with Crippen LogP contribution in [0.1, 0.15) is 24.0 Å². The van der Waals surface area contributed by atoms with Gasteiger partial charge in [-0.3, -0.25) is 0 Å². The second kappa shape index (κ2) is 4.52. The van der Waals surface area contributed by atoms with Gasteiger partial charge in [0.1, 0.15) is 0 Å². The third kappa shape index (κ3) is 1.70. The van der Waals surface area contributed by atoms with E-state index in [9.17, 15) is 0 Å². The molecule has 3 heterocycles. The molecule has 0 amide bonds. The zero-order chi connectivity index (χ0) is 13.4. The molecule has 2 aromatic carbocycles. The van der Waals surface area contributed by atoms with E-state index in [0.29, 0.717) is 0 Å². The quantitative estimate of drug-likeness (QED) is 0.787. The molecule has 0 radical (unpaired) electrons. The fourth-order valence-corrected chi connectivity index (χ4v) is 3.78. The van der Waals surface area contributed by atoms with Crippen LogP contribution in [0.2, 0.25) is 0 Å². The van der Waals surface area contributed by atoms with Crippen LogP contribution in [0, 0.1) is 0 Å². The van der Waals surface area contributed by atoms with Crippen LogP contribution in [0.5, 0.6) is 0 Å². The summed E-state index contributed by atoms with van der Waals surface area (Å²) in [5.74, 6) is 0. The number of allylic oxidation sites excluding steroid dienone is 1. The summed E-state index contributed by atoms with van der Waals surface area (Å²) < 4.78 is 0. The Balaban J connectivity index is 1.88. The van der Waals surface area contributed by atoms with Crippen LogP contribution < -0.4 is 0 Å². The molecule has 1 nitrogen and oxygen atoms in total. The van der Waals surface area contributed by atoms with E-state index in [0.717, 1.165) is 0 Å².